The van der Waals surface area contributed by atoms with Gasteiger partial charge in [-0.05, 0) is 44.8 Å². The van der Waals surface area contributed by atoms with Crippen molar-refractivity contribution in [1.82, 2.24) is 10.2 Å². The second-order valence-electron chi connectivity index (χ2n) is 5.71. The van der Waals surface area contributed by atoms with Crippen molar-refractivity contribution in [3.05, 3.63) is 0 Å². The summed E-state index contributed by atoms with van der Waals surface area (Å²) in [6, 6.07) is 0. The van der Waals surface area contributed by atoms with Gasteiger partial charge in [-0.15, -0.1) is 0 Å². The first-order valence-electron chi connectivity index (χ1n) is 8.00. The van der Waals surface area contributed by atoms with Crippen molar-refractivity contribution >= 4 is 16.9 Å². The van der Waals surface area contributed by atoms with Gasteiger partial charge in [-0.1, -0.05) is 38.5 Å². The van der Waals surface area contributed by atoms with E-state index in [0.717, 1.165) is 24.3 Å². The fraction of sp³-hybridized carbons (Fsp3) is 0.933. The van der Waals surface area contributed by atoms with E-state index < -0.39 is 0 Å². The van der Waals surface area contributed by atoms with Gasteiger partial charge in [-0.2, -0.15) is 0 Å². The number of aliphatic imine (C=N–C) groups is 1. The molecule has 19 heavy (non-hydrogen) atoms. The van der Waals surface area contributed by atoms with E-state index in [1.165, 1.54) is 56.9 Å². The largest absolute Gasteiger partial charge is 0.365 e. The Labute approximate surface area is 122 Å². The van der Waals surface area contributed by atoms with Crippen molar-refractivity contribution in [3.8, 4) is 0 Å². The van der Waals surface area contributed by atoms with Crippen LogP contribution in [0.5, 0.6) is 0 Å². The Morgan fingerprint density at radius 3 is 2.74 bits per heavy atom. The molecule has 0 aromatic carbocycles. The zero-order valence-corrected chi connectivity index (χ0v) is 13.3. The van der Waals surface area contributed by atoms with Gasteiger partial charge in [-0.25, -0.2) is 0 Å². The lowest BCUT2D eigenvalue weighted by Gasteiger charge is -2.19. The minimum Gasteiger partial charge on any atom is -0.365 e. The Morgan fingerprint density at radius 2 is 2.05 bits per heavy atom. The number of amidine groups is 1. The average molecular weight is 283 g/mol. The summed E-state index contributed by atoms with van der Waals surface area (Å²) in [5.41, 5.74) is 0. The molecule has 2 aliphatic rings. The molecule has 0 saturated carbocycles. The minimum absolute atomic E-state index is 0.719. The number of nitrogens with one attached hydrogen (secondary N) is 1. The predicted molar refractivity (Wildman–Crippen MR) is 86.0 cm³/mol. The zero-order chi connectivity index (χ0) is 13.5. The Bertz CT molecular complexity index is 283. The van der Waals surface area contributed by atoms with Crippen LogP contribution in [-0.4, -0.2) is 48.0 Å². The molecule has 0 radical (unpaired) electrons. The van der Waals surface area contributed by atoms with E-state index in [-0.39, 0.29) is 0 Å². The first-order valence-corrected chi connectivity index (χ1v) is 8.88. The lowest BCUT2D eigenvalue weighted by molar-refractivity contribution is 0.334. The summed E-state index contributed by atoms with van der Waals surface area (Å²) in [7, 11) is 0. The number of nitrogens with zero attached hydrogens (tertiary/aromatic N) is 2. The molecular weight excluding hydrogens is 254 g/mol. The maximum absolute atomic E-state index is 4.66. The van der Waals surface area contributed by atoms with Crippen molar-refractivity contribution < 1.29 is 0 Å². The standard InChI is InChI=1S/C15H29N3S/c1-3-13(4-2)14-12-17-15(19-14)16-8-7-11-18-9-5-6-10-18/h13-14H,3-12H2,1-2H3,(H,16,17). The third-order valence-corrected chi connectivity index (χ3v) is 5.71. The molecular formula is C15H29N3S. The van der Waals surface area contributed by atoms with E-state index in [9.17, 15) is 0 Å². The van der Waals surface area contributed by atoms with Crippen LogP contribution in [0.2, 0.25) is 0 Å². The molecule has 1 fully saturated rings. The summed E-state index contributed by atoms with van der Waals surface area (Å²) in [6.45, 7) is 10.6. The van der Waals surface area contributed by atoms with Crippen molar-refractivity contribution in [2.24, 2.45) is 10.9 Å². The monoisotopic (exact) mass is 283 g/mol. The second-order valence-corrected chi connectivity index (χ2v) is 6.94. The van der Waals surface area contributed by atoms with E-state index >= 15 is 0 Å². The molecule has 3 nitrogen and oxygen atoms in total. The summed E-state index contributed by atoms with van der Waals surface area (Å²) in [6.07, 6.45) is 6.60. The average Bonchev–Trinajstić information content (AvgIpc) is 3.08. The third kappa shape index (κ3) is 4.67. The molecule has 2 heterocycles. The molecule has 0 bridgehead atoms. The highest BCUT2D eigenvalue weighted by Crippen LogP contribution is 2.30. The van der Waals surface area contributed by atoms with Gasteiger partial charge < -0.3 is 10.2 Å². The van der Waals surface area contributed by atoms with Crippen LogP contribution in [0.15, 0.2) is 4.99 Å². The fourth-order valence-corrected chi connectivity index (χ4v) is 4.40. The highest BCUT2D eigenvalue weighted by Gasteiger charge is 2.25. The first kappa shape index (κ1) is 15.2. The Morgan fingerprint density at radius 1 is 1.32 bits per heavy atom. The number of hydrogen-bond donors (Lipinski definition) is 1. The molecule has 4 heteroatoms. The molecule has 0 aromatic heterocycles. The van der Waals surface area contributed by atoms with Crippen molar-refractivity contribution in [2.45, 2.75) is 51.2 Å². The quantitative estimate of drug-likeness (QED) is 0.728. The smallest absolute Gasteiger partial charge is 0.156 e. The van der Waals surface area contributed by atoms with Crippen LogP contribution in [0.1, 0.15) is 46.0 Å². The van der Waals surface area contributed by atoms with Gasteiger partial charge >= 0.3 is 0 Å². The first-order chi connectivity index (χ1) is 9.33. The molecule has 0 amide bonds. The van der Waals surface area contributed by atoms with E-state index in [4.69, 9.17) is 0 Å². The second kappa shape index (κ2) is 8.15. The van der Waals surface area contributed by atoms with Crippen LogP contribution < -0.4 is 5.32 Å². The van der Waals surface area contributed by atoms with E-state index in [0.29, 0.717) is 0 Å². The summed E-state index contributed by atoms with van der Waals surface area (Å²) in [4.78, 5) is 7.24. The maximum atomic E-state index is 4.66. The minimum atomic E-state index is 0.719. The molecule has 1 atom stereocenters. The van der Waals surface area contributed by atoms with Crippen molar-refractivity contribution in [3.63, 3.8) is 0 Å². The molecule has 1 saturated heterocycles. The van der Waals surface area contributed by atoms with E-state index in [1.54, 1.807) is 0 Å². The molecule has 1 unspecified atom stereocenters. The number of likely N-dealkylation sites (tertiary alicyclic amines) is 1. The van der Waals surface area contributed by atoms with Gasteiger partial charge in [0.05, 0.1) is 6.54 Å². The van der Waals surface area contributed by atoms with Crippen molar-refractivity contribution in [1.29, 1.82) is 0 Å². The topological polar surface area (TPSA) is 27.6 Å². The summed E-state index contributed by atoms with van der Waals surface area (Å²) in [5.74, 6) is 0.831. The van der Waals surface area contributed by atoms with Crippen LogP contribution in [0.4, 0.5) is 0 Å². The summed E-state index contributed by atoms with van der Waals surface area (Å²) in [5, 5.41) is 5.44. The van der Waals surface area contributed by atoms with Gasteiger partial charge in [0, 0.05) is 11.8 Å². The fourth-order valence-electron chi connectivity index (χ4n) is 3.05. The van der Waals surface area contributed by atoms with Gasteiger partial charge in [0.2, 0.25) is 0 Å². The van der Waals surface area contributed by atoms with Crippen LogP contribution in [0, 0.1) is 5.92 Å². The molecule has 110 valence electrons. The molecule has 0 aromatic rings. The number of rotatable bonds is 7. The van der Waals surface area contributed by atoms with Crippen LogP contribution in [0.25, 0.3) is 0 Å². The Kier molecular flexibility index (Phi) is 6.51. The third-order valence-electron chi connectivity index (χ3n) is 4.38. The van der Waals surface area contributed by atoms with Crippen LogP contribution in [-0.2, 0) is 0 Å². The highest BCUT2D eigenvalue weighted by molar-refractivity contribution is 8.14. The van der Waals surface area contributed by atoms with E-state index in [2.05, 4.69) is 29.1 Å². The Hall–Kier alpha value is -0.220. The molecule has 1 N–H and O–H groups in total. The van der Waals surface area contributed by atoms with Crippen LogP contribution in [0.3, 0.4) is 0 Å². The zero-order valence-electron chi connectivity index (χ0n) is 12.5. The van der Waals surface area contributed by atoms with Crippen LogP contribution >= 0.6 is 11.8 Å². The molecule has 2 aliphatic heterocycles. The van der Waals surface area contributed by atoms with Gasteiger partial charge in [0.25, 0.3) is 0 Å². The number of thioether (sulfide) groups is 1. The van der Waals surface area contributed by atoms with Gasteiger partial charge in [0.1, 0.15) is 0 Å². The van der Waals surface area contributed by atoms with Gasteiger partial charge in [-0.3, -0.25) is 4.99 Å². The Balaban J connectivity index is 1.57. The maximum Gasteiger partial charge on any atom is 0.156 e. The number of hydrogen-bond acceptors (Lipinski definition) is 4. The van der Waals surface area contributed by atoms with E-state index in [1.807, 2.05) is 11.8 Å². The predicted octanol–water partition coefficient (Wildman–Crippen LogP) is 2.97. The van der Waals surface area contributed by atoms with Gasteiger partial charge in [0.15, 0.2) is 5.17 Å². The molecule has 0 spiro atoms. The highest BCUT2D eigenvalue weighted by atomic mass is 32.2. The summed E-state index contributed by atoms with van der Waals surface area (Å²) < 4.78 is 0. The van der Waals surface area contributed by atoms with Crippen molar-refractivity contribution in [2.75, 3.05) is 32.7 Å². The summed E-state index contributed by atoms with van der Waals surface area (Å²) >= 11 is 1.98. The SMILES string of the molecule is CCC(CC)C1CN=C(NCCCN2CCCC2)S1. The normalized spacial score (nSPS) is 24.2. The molecule has 2 rings (SSSR count). The molecule has 0 aliphatic carbocycles. The lowest BCUT2D eigenvalue weighted by atomic mass is 9.99. The lowest BCUT2D eigenvalue weighted by Crippen LogP contribution is -2.27.